The van der Waals surface area contributed by atoms with Crippen LogP contribution in [0.4, 0.5) is 0 Å². The van der Waals surface area contributed by atoms with Crippen LogP contribution < -0.4 is 5.32 Å². The number of rotatable bonds is 6. The van der Waals surface area contributed by atoms with Crippen LogP contribution in [0.5, 0.6) is 0 Å². The molecule has 102 valence electrons. The van der Waals surface area contributed by atoms with Crippen LogP contribution >= 0.6 is 0 Å². The van der Waals surface area contributed by atoms with Crippen LogP contribution in [0.2, 0.25) is 0 Å². The van der Waals surface area contributed by atoms with Crippen molar-refractivity contribution in [2.24, 2.45) is 5.92 Å². The van der Waals surface area contributed by atoms with Crippen LogP contribution in [0.3, 0.4) is 0 Å². The Bertz CT molecular complexity index is 314. The van der Waals surface area contributed by atoms with Crippen LogP contribution in [0.15, 0.2) is 0 Å². The minimum absolute atomic E-state index is 0.202. The van der Waals surface area contributed by atoms with Crippen LogP contribution in [-0.2, 0) is 10.0 Å². The van der Waals surface area contributed by atoms with E-state index in [-0.39, 0.29) is 5.75 Å². The molecule has 1 saturated carbocycles. The largest absolute Gasteiger partial charge is 0.313 e. The molecule has 4 nitrogen and oxygen atoms in total. The molecule has 2 unspecified atom stereocenters. The maximum Gasteiger partial charge on any atom is 0.214 e. The Morgan fingerprint density at radius 1 is 1.29 bits per heavy atom. The molecule has 0 heterocycles. The molecule has 17 heavy (non-hydrogen) atoms. The van der Waals surface area contributed by atoms with Crippen molar-refractivity contribution >= 4 is 10.0 Å². The third-order valence-electron chi connectivity index (χ3n) is 3.71. The molecule has 5 heteroatoms. The summed E-state index contributed by atoms with van der Waals surface area (Å²) in [5.74, 6) is 1.03. The number of hydrogen-bond donors (Lipinski definition) is 1. The Kier molecular flexibility index (Phi) is 5.89. The molecule has 0 spiro atoms. The van der Waals surface area contributed by atoms with Crippen molar-refractivity contribution in [2.45, 2.75) is 45.1 Å². The Morgan fingerprint density at radius 3 is 2.59 bits per heavy atom. The summed E-state index contributed by atoms with van der Waals surface area (Å²) in [5.41, 5.74) is 0. The molecule has 0 aromatic carbocycles. The molecule has 0 aromatic rings. The zero-order valence-electron chi connectivity index (χ0n) is 11.3. The lowest BCUT2D eigenvalue weighted by Crippen LogP contribution is -2.38. The summed E-state index contributed by atoms with van der Waals surface area (Å²) in [6.45, 7) is 2.81. The molecule has 1 aliphatic rings. The molecule has 0 bridgehead atoms. The summed E-state index contributed by atoms with van der Waals surface area (Å²) in [6.07, 6.45) is 6.26. The van der Waals surface area contributed by atoms with Gasteiger partial charge in [-0.15, -0.1) is 0 Å². The zero-order valence-corrected chi connectivity index (χ0v) is 12.1. The van der Waals surface area contributed by atoms with Gasteiger partial charge in [-0.2, -0.15) is 0 Å². The first kappa shape index (κ1) is 14.9. The van der Waals surface area contributed by atoms with Gasteiger partial charge in [0.1, 0.15) is 0 Å². The molecule has 1 N–H and O–H groups in total. The number of nitrogens with one attached hydrogen (secondary N) is 1. The molecule has 1 fully saturated rings. The van der Waals surface area contributed by atoms with E-state index < -0.39 is 10.0 Å². The standard InChI is InChI=1S/C12H26N2O2S/c1-4-11-6-5-7-12(10-11)13-8-9-17(15,16)14(2)3/h11-13H,4-10H2,1-3H3. The predicted octanol–water partition coefficient (Wildman–Crippen LogP) is 1.44. The minimum Gasteiger partial charge on any atom is -0.313 e. The van der Waals surface area contributed by atoms with Gasteiger partial charge in [-0.3, -0.25) is 0 Å². The summed E-state index contributed by atoms with van der Waals surface area (Å²) >= 11 is 0. The lowest BCUT2D eigenvalue weighted by molar-refractivity contribution is 0.282. The van der Waals surface area contributed by atoms with Gasteiger partial charge in [0.15, 0.2) is 0 Å². The lowest BCUT2D eigenvalue weighted by atomic mass is 9.84. The second kappa shape index (κ2) is 6.71. The van der Waals surface area contributed by atoms with E-state index in [0.717, 1.165) is 5.92 Å². The Labute approximate surface area is 106 Å². The highest BCUT2D eigenvalue weighted by Gasteiger charge is 2.21. The fraction of sp³-hybridized carbons (Fsp3) is 1.00. The lowest BCUT2D eigenvalue weighted by Gasteiger charge is -2.29. The Hall–Kier alpha value is -0.130. The van der Waals surface area contributed by atoms with E-state index in [1.54, 1.807) is 14.1 Å². The maximum atomic E-state index is 11.6. The van der Waals surface area contributed by atoms with E-state index >= 15 is 0 Å². The topological polar surface area (TPSA) is 49.4 Å². The molecule has 0 aliphatic heterocycles. The monoisotopic (exact) mass is 262 g/mol. The van der Waals surface area contributed by atoms with Crippen molar-refractivity contribution in [2.75, 3.05) is 26.4 Å². The first-order chi connectivity index (χ1) is 7.95. The second-order valence-corrected chi connectivity index (χ2v) is 7.49. The predicted molar refractivity (Wildman–Crippen MR) is 71.5 cm³/mol. The molecular formula is C12H26N2O2S. The molecular weight excluding hydrogens is 236 g/mol. The van der Waals surface area contributed by atoms with Gasteiger partial charge < -0.3 is 5.32 Å². The molecule has 0 saturated heterocycles. The van der Waals surface area contributed by atoms with E-state index in [4.69, 9.17) is 0 Å². The van der Waals surface area contributed by atoms with Gasteiger partial charge in [0.25, 0.3) is 0 Å². The van der Waals surface area contributed by atoms with Gasteiger partial charge in [-0.25, -0.2) is 12.7 Å². The number of sulfonamides is 1. The van der Waals surface area contributed by atoms with Crippen molar-refractivity contribution in [3.8, 4) is 0 Å². The normalized spacial score (nSPS) is 26.4. The van der Waals surface area contributed by atoms with Gasteiger partial charge in [-0.05, 0) is 18.8 Å². The third kappa shape index (κ3) is 4.94. The first-order valence-electron chi connectivity index (χ1n) is 6.59. The van der Waals surface area contributed by atoms with Crippen molar-refractivity contribution in [1.82, 2.24) is 9.62 Å². The molecule has 1 aliphatic carbocycles. The molecule has 0 aromatic heterocycles. The summed E-state index contributed by atoms with van der Waals surface area (Å²) < 4.78 is 24.5. The summed E-state index contributed by atoms with van der Waals surface area (Å²) in [7, 11) is 0.125. The number of hydrogen-bond acceptors (Lipinski definition) is 3. The SMILES string of the molecule is CCC1CCCC(NCCS(=O)(=O)N(C)C)C1. The van der Waals surface area contributed by atoms with Gasteiger partial charge in [0, 0.05) is 26.7 Å². The van der Waals surface area contributed by atoms with Crippen molar-refractivity contribution in [3.05, 3.63) is 0 Å². The second-order valence-electron chi connectivity index (χ2n) is 5.19. The van der Waals surface area contributed by atoms with Crippen molar-refractivity contribution in [3.63, 3.8) is 0 Å². The fourth-order valence-corrected chi connectivity index (χ4v) is 3.16. The summed E-state index contributed by atoms with van der Waals surface area (Å²) in [4.78, 5) is 0. The van der Waals surface area contributed by atoms with E-state index in [9.17, 15) is 8.42 Å². The van der Waals surface area contributed by atoms with Crippen LogP contribution in [-0.4, -0.2) is 45.2 Å². The van der Waals surface area contributed by atoms with E-state index in [1.165, 1.54) is 36.4 Å². The van der Waals surface area contributed by atoms with Crippen molar-refractivity contribution in [1.29, 1.82) is 0 Å². The fourth-order valence-electron chi connectivity index (χ4n) is 2.42. The van der Waals surface area contributed by atoms with Gasteiger partial charge in [-0.1, -0.05) is 26.2 Å². The van der Waals surface area contributed by atoms with Gasteiger partial charge in [0.05, 0.1) is 5.75 Å². The van der Waals surface area contributed by atoms with E-state index in [2.05, 4.69) is 12.2 Å². The highest BCUT2D eigenvalue weighted by Crippen LogP contribution is 2.26. The molecule has 1 rings (SSSR count). The Morgan fingerprint density at radius 2 is 2.00 bits per heavy atom. The minimum atomic E-state index is -3.05. The molecule has 2 atom stereocenters. The average molecular weight is 262 g/mol. The maximum absolute atomic E-state index is 11.6. The van der Waals surface area contributed by atoms with Crippen LogP contribution in [0.1, 0.15) is 39.0 Å². The van der Waals surface area contributed by atoms with Crippen molar-refractivity contribution < 1.29 is 8.42 Å². The quantitative estimate of drug-likeness (QED) is 0.788. The summed E-state index contributed by atoms with van der Waals surface area (Å²) in [5, 5.41) is 3.39. The van der Waals surface area contributed by atoms with Crippen LogP contribution in [0, 0.1) is 5.92 Å². The number of nitrogens with zero attached hydrogens (tertiary/aromatic N) is 1. The van der Waals surface area contributed by atoms with E-state index in [0.29, 0.717) is 12.6 Å². The van der Waals surface area contributed by atoms with Crippen LogP contribution in [0.25, 0.3) is 0 Å². The van der Waals surface area contributed by atoms with Gasteiger partial charge in [0.2, 0.25) is 10.0 Å². The molecule has 0 amide bonds. The molecule has 0 radical (unpaired) electrons. The zero-order chi connectivity index (χ0) is 12.9. The van der Waals surface area contributed by atoms with Gasteiger partial charge >= 0.3 is 0 Å². The van der Waals surface area contributed by atoms with E-state index in [1.807, 2.05) is 0 Å². The Balaban J connectivity index is 2.27. The average Bonchev–Trinajstić information content (AvgIpc) is 2.29. The smallest absolute Gasteiger partial charge is 0.214 e. The first-order valence-corrected chi connectivity index (χ1v) is 8.20. The highest BCUT2D eigenvalue weighted by molar-refractivity contribution is 7.89. The highest BCUT2D eigenvalue weighted by atomic mass is 32.2. The third-order valence-corrected chi connectivity index (χ3v) is 5.54. The summed E-state index contributed by atoms with van der Waals surface area (Å²) in [6, 6.07) is 0.520.